The highest BCUT2D eigenvalue weighted by molar-refractivity contribution is 5.85. The van der Waals surface area contributed by atoms with Crippen molar-refractivity contribution in [3.63, 3.8) is 0 Å². The van der Waals surface area contributed by atoms with Crippen LogP contribution in [0.15, 0.2) is 48.1 Å². The van der Waals surface area contributed by atoms with Crippen LogP contribution < -0.4 is 0 Å². The maximum absolute atomic E-state index is 10.2. The Balaban J connectivity index is 0.000000270. The lowest BCUT2D eigenvalue weighted by Crippen LogP contribution is -2.50. The minimum atomic E-state index is -0.922. The van der Waals surface area contributed by atoms with E-state index >= 15 is 0 Å². The summed E-state index contributed by atoms with van der Waals surface area (Å²) in [6.45, 7) is 12.6. The van der Waals surface area contributed by atoms with E-state index in [9.17, 15) is 9.90 Å². The third kappa shape index (κ3) is 6.72. The molecule has 39 heavy (non-hydrogen) atoms. The van der Waals surface area contributed by atoms with Gasteiger partial charge in [0.2, 0.25) is 0 Å². The van der Waals surface area contributed by atoms with Crippen LogP contribution in [0.3, 0.4) is 0 Å². The highest BCUT2D eigenvalue weighted by atomic mass is 16.4. The molecule has 1 aromatic rings. The van der Waals surface area contributed by atoms with E-state index < -0.39 is 5.97 Å². The molecule has 3 saturated carbocycles. The monoisotopic (exact) mass is 534 g/mol. The summed E-state index contributed by atoms with van der Waals surface area (Å²) in [7, 11) is 0. The highest BCUT2D eigenvalue weighted by Gasteiger charge is 2.59. The number of carbonyl (C=O) groups is 1. The van der Waals surface area contributed by atoms with Crippen molar-refractivity contribution in [2.24, 2.45) is 46.3 Å². The van der Waals surface area contributed by atoms with Crippen LogP contribution in [0.5, 0.6) is 0 Å². The van der Waals surface area contributed by atoms with Gasteiger partial charge in [-0.2, -0.15) is 0 Å². The number of carboxylic acids is 1. The molecule has 0 saturated heterocycles. The van der Waals surface area contributed by atoms with Crippen LogP contribution in [0.2, 0.25) is 0 Å². The quantitative estimate of drug-likeness (QED) is 0.271. The van der Waals surface area contributed by atoms with Gasteiger partial charge in [0.15, 0.2) is 0 Å². The molecule has 4 aliphatic rings. The van der Waals surface area contributed by atoms with Gasteiger partial charge in [0.05, 0.1) is 6.10 Å². The molecule has 216 valence electrons. The molecule has 3 fully saturated rings. The fourth-order valence-electron chi connectivity index (χ4n) is 9.40. The summed E-state index contributed by atoms with van der Waals surface area (Å²) in [6.07, 6.45) is 19.8. The molecule has 0 heterocycles. The lowest BCUT2D eigenvalue weighted by molar-refractivity contribution is -0.131. The molecular formula is C36H54O3. The molecule has 0 aromatic heterocycles. The SMILES string of the molecule is CC(C)CCC[C@@H](C)[C@H]1CC[C@H]2[C@@H]3CC=C4C[C@@H](O)CC[C@]4(C)[C@H]3CC[C@]12C.O=C(O)C=Cc1ccccc1. The summed E-state index contributed by atoms with van der Waals surface area (Å²) in [4.78, 5) is 10.1. The molecule has 8 atom stereocenters. The molecule has 1 aromatic carbocycles. The molecule has 4 aliphatic carbocycles. The number of aliphatic carboxylic acids is 1. The molecular weight excluding hydrogens is 480 g/mol. The van der Waals surface area contributed by atoms with E-state index in [2.05, 4.69) is 40.7 Å². The number of benzene rings is 1. The standard InChI is InChI=1S/C27H46O.C9H8O2/c1-18(2)7-6-8-19(3)23-11-12-24-22-10-9-20-17-21(28)13-15-26(20,4)25(22)14-16-27(23,24)5;10-9(11)7-6-8-4-2-1-3-5-8/h9,18-19,21-25,28H,6-8,10-17H2,1-5H3;1-7H,(H,10,11)/t19-,21+,22+,23-,24+,25+,26+,27-;/m1./s1. The lowest BCUT2D eigenvalue weighted by atomic mass is 9.47. The number of allylic oxidation sites excluding steroid dienone is 1. The maximum Gasteiger partial charge on any atom is 0.328 e. The summed E-state index contributed by atoms with van der Waals surface area (Å²) < 4.78 is 0. The van der Waals surface area contributed by atoms with E-state index in [4.69, 9.17) is 5.11 Å². The number of fused-ring (bicyclic) bond motifs is 5. The van der Waals surface area contributed by atoms with Gasteiger partial charge in [-0.05, 0) is 109 Å². The first-order valence-electron chi connectivity index (χ1n) is 15.9. The van der Waals surface area contributed by atoms with E-state index in [-0.39, 0.29) is 6.10 Å². The molecule has 5 rings (SSSR count). The minimum Gasteiger partial charge on any atom is -0.478 e. The molecule has 0 bridgehead atoms. The van der Waals surface area contributed by atoms with Gasteiger partial charge in [0.25, 0.3) is 0 Å². The van der Waals surface area contributed by atoms with E-state index in [1.807, 2.05) is 30.3 Å². The van der Waals surface area contributed by atoms with E-state index in [1.54, 1.807) is 11.6 Å². The molecule has 0 amide bonds. The maximum atomic E-state index is 10.2. The molecule has 3 heteroatoms. The fraction of sp³-hybridized carbons (Fsp3) is 0.694. The number of aliphatic hydroxyl groups excluding tert-OH is 1. The van der Waals surface area contributed by atoms with E-state index in [0.29, 0.717) is 10.8 Å². The van der Waals surface area contributed by atoms with Gasteiger partial charge in [0.1, 0.15) is 0 Å². The smallest absolute Gasteiger partial charge is 0.328 e. The van der Waals surface area contributed by atoms with Crippen molar-refractivity contribution in [3.8, 4) is 0 Å². The first-order valence-corrected chi connectivity index (χ1v) is 15.9. The van der Waals surface area contributed by atoms with Gasteiger partial charge in [-0.1, -0.05) is 95.9 Å². The van der Waals surface area contributed by atoms with Crippen molar-refractivity contribution in [2.45, 2.75) is 111 Å². The first kappa shape index (κ1) is 30.1. The van der Waals surface area contributed by atoms with Crippen LogP contribution in [0.25, 0.3) is 6.08 Å². The van der Waals surface area contributed by atoms with Gasteiger partial charge in [0, 0.05) is 6.08 Å². The number of hydrogen-bond acceptors (Lipinski definition) is 2. The van der Waals surface area contributed by atoms with Crippen molar-refractivity contribution in [2.75, 3.05) is 0 Å². The van der Waals surface area contributed by atoms with Crippen molar-refractivity contribution in [3.05, 3.63) is 53.6 Å². The zero-order valence-electron chi connectivity index (χ0n) is 25.2. The highest BCUT2D eigenvalue weighted by Crippen LogP contribution is 2.67. The zero-order valence-corrected chi connectivity index (χ0v) is 25.2. The van der Waals surface area contributed by atoms with Crippen molar-refractivity contribution < 1.29 is 15.0 Å². The first-order chi connectivity index (χ1) is 18.5. The van der Waals surface area contributed by atoms with Crippen LogP contribution in [0.4, 0.5) is 0 Å². The number of aliphatic hydroxyl groups is 1. The second kappa shape index (κ2) is 12.8. The lowest BCUT2D eigenvalue weighted by Gasteiger charge is -2.58. The zero-order chi connectivity index (χ0) is 28.2. The predicted octanol–water partition coefficient (Wildman–Crippen LogP) is 9.17. The van der Waals surface area contributed by atoms with Crippen LogP contribution in [0.1, 0.15) is 111 Å². The number of hydrogen-bond donors (Lipinski definition) is 2. The normalized spacial score (nSPS) is 36.3. The Labute approximate surface area is 238 Å². The van der Waals surface area contributed by atoms with E-state index in [1.165, 1.54) is 57.8 Å². The summed E-state index contributed by atoms with van der Waals surface area (Å²) in [5.74, 6) is 4.53. The average Bonchev–Trinajstić information content (AvgIpc) is 3.26. The van der Waals surface area contributed by atoms with Gasteiger partial charge in [-0.15, -0.1) is 0 Å². The Hall–Kier alpha value is -1.87. The van der Waals surface area contributed by atoms with Crippen LogP contribution in [0, 0.1) is 46.3 Å². The van der Waals surface area contributed by atoms with E-state index in [0.717, 1.165) is 60.0 Å². The molecule has 0 unspecified atom stereocenters. The Kier molecular flexibility index (Phi) is 9.84. The largest absolute Gasteiger partial charge is 0.478 e. The van der Waals surface area contributed by atoms with Gasteiger partial charge in [-0.3, -0.25) is 0 Å². The summed E-state index contributed by atoms with van der Waals surface area (Å²) >= 11 is 0. The second-order valence-electron chi connectivity index (χ2n) is 14.3. The van der Waals surface area contributed by atoms with Crippen molar-refractivity contribution in [1.29, 1.82) is 0 Å². The van der Waals surface area contributed by atoms with Crippen LogP contribution in [-0.2, 0) is 4.79 Å². The third-order valence-corrected chi connectivity index (χ3v) is 11.5. The van der Waals surface area contributed by atoms with Gasteiger partial charge in [-0.25, -0.2) is 4.79 Å². The third-order valence-electron chi connectivity index (χ3n) is 11.5. The molecule has 0 aliphatic heterocycles. The Morgan fingerprint density at radius 3 is 2.44 bits per heavy atom. The molecule has 3 nitrogen and oxygen atoms in total. The average molecular weight is 535 g/mol. The molecule has 0 radical (unpaired) electrons. The van der Waals surface area contributed by atoms with Gasteiger partial charge < -0.3 is 10.2 Å². The van der Waals surface area contributed by atoms with Crippen LogP contribution >= 0.6 is 0 Å². The second-order valence-corrected chi connectivity index (χ2v) is 14.3. The molecule has 0 spiro atoms. The number of rotatable bonds is 7. The number of carboxylic acid groups (broad SMARTS) is 1. The fourth-order valence-corrected chi connectivity index (χ4v) is 9.40. The van der Waals surface area contributed by atoms with Crippen LogP contribution in [-0.4, -0.2) is 22.3 Å². The summed E-state index contributed by atoms with van der Waals surface area (Å²) in [6, 6.07) is 9.31. The Morgan fingerprint density at radius 2 is 1.74 bits per heavy atom. The van der Waals surface area contributed by atoms with Gasteiger partial charge >= 0.3 is 5.97 Å². The summed E-state index contributed by atoms with van der Waals surface area (Å²) in [5.41, 5.74) is 3.50. The Morgan fingerprint density at radius 1 is 1.00 bits per heavy atom. The van der Waals surface area contributed by atoms with Crippen molar-refractivity contribution in [1.82, 2.24) is 0 Å². The molecule has 2 N–H and O–H groups in total. The predicted molar refractivity (Wildman–Crippen MR) is 162 cm³/mol. The topological polar surface area (TPSA) is 57.5 Å². The van der Waals surface area contributed by atoms with Crippen molar-refractivity contribution >= 4 is 12.0 Å². The summed E-state index contributed by atoms with van der Waals surface area (Å²) in [5, 5.41) is 18.5. The Bertz CT molecular complexity index is 1010. The minimum absolute atomic E-state index is 0.0766.